The van der Waals surface area contributed by atoms with Crippen molar-refractivity contribution in [1.82, 2.24) is 20.2 Å². The van der Waals surface area contributed by atoms with Crippen molar-refractivity contribution < 1.29 is 19.4 Å². The van der Waals surface area contributed by atoms with Gasteiger partial charge in [-0.25, -0.2) is 4.79 Å². The first-order valence-electron chi connectivity index (χ1n) is 14.0. The van der Waals surface area contributed by atoms with Crippen LogP contribution in [-0.2, 0) is 9.53 Å². The van der Waals surface area contributed by atoms with Crippen molar-refractivity contribution in [3.63, 3.8) is 0 Å². The lowest BCUT2D eigenvalue weighted by Gasteiger charge is -2.34. The molecule has 0 saturated carbocycles. The number of rotatable bonds is 8. The number of imidazole rings is 1. The summed E-state index contributed by atoms with van der Waals surface area (Å²) in [6.07, 6.45) is 3.18. The van der Waals surface area contributed by atoms with Gasteiger partial charge in [0.15, 0.2) is 5.17 Å². The van der Waals surface area contributed by atoms with Gasteiger partial charge in [0.25, 0.3) is 5.91 Å². The Morgan fingerprint density at radius 2 is 1.85 bits per heavy atom. The molecule has 3 aliphatic rings. The number of carbonyl (C=O) groups excluding carboxylic acids is 1. The lowest BCUT2D eigenvalue weighted by molar-refractivity contribution is -0.113. The molecule has 3 aromatic rings. The van der Waals surface area contributed by atoms with Gasteiger partial charge in [-0.1, -0.05) is 18.2 Å². The fourth-order valence-corrected chi connectivity index (χ4v) is 6.23. The number of anilines is 1. The number of morpholine rings is 1. The highest BCUT2D eigenvalue weighted by Crippen LogP contribution is 2.31. The number of thioether (sulfide) groups is 1. The summed E-state index contributed by atoms with van der Waals surface area (Å²) in [5.41, 5.74) is 3.13. The number of ether oxygens (including phenoxy) is 2. The average molecular weight is 579 g/mol. The van der Waals surface area contributed by atoms with E-state index >= 15 is 0 Å². The molecule has 3 aliphatic heterocycles. The van der Waals surface area contributed by atoms with Crippen molar-refractivity contribution in [3.05, 3.63) is 63.4 Å². The van der Waals surface area contributed by atoms with Crippen LogP contribution in [0, 0.1) is 0 Å². The number of nitrogens with zero attached hydrogens (tertiary/aromatic N) is 3. The Morgan fingerprint density at radius 1 is 1.07 bits per heavy atom. The Morgan fingerprint density at radius 3 is 2.63 bits per heavy atom. The maximum atomic E-state index is 12.4. The number of aliphatic imine (C=N–C) groups is 1. The lowest BCUT2D eigenvalue weighted by Crippen LogP contribution is -2.45. The zero-order valence-electron chi connectivity index (χ0n) is 22.7. The first kappa shape index (κ1) is 27.6. The fourth-order valence-electron chi connectivity index (χ4n) is 5.26. The molecule has 0 bridgehead atoms. The number of amides is 1. The molecule has 0 radical (unpaired) electrons. The number of aliphatic hydroxyl groups is 1. The van der Waals surface area contributed by atoms with E-state index in [1.165, 1.54) is 11.8 Å². The molecule has 1 aromatic heterocycles. The van der Waals surface area contributed by atoms with E-state index < -0.39 is 6.10 Å². The molecular weight excluding hydrogens is 544 g/mol. The standard InChI is InChI=1S/C29H34N6O5S/c36-22(18-40-24-3-1-2-23-26(24)32-28(38)31-23)17-30-20-8-10-34(11-9-20)21-6-4-19(5-7-21)16-25-27(37)33-29(41-25)35-12-14-39-15-13-35/h1-7,16,20,22,30,36H,8-15,17-18H2,(H2,31,32,38)/t22-/m0/s1. The maximum Gasteiger partial charge on any atom is 0.323 e. The molecule has 0 spiro atoms. The van der Waals surface area contributed by atoms with Crippen LogP contribution >= 0.6 is 11.8 Å². The third kappa shape index (κ3) is 6.67. The van der Waals surface area contributed by atoms with Gasteiger partial charge >= 0.3 is 5.69 Å². The summed E-state index contributed by atoms with van der Waals surface area (Å²) in [5.74, 6) is 0.358. The summed E-state index contributed by atoms with van der Waals surface area (Å²) in [6.45, 7) is 5.24. The highest BCUT2D eigenvalue weighted by Gasteiger charge is 2.27. The molecule has 216 valence electrons. The van der Waals surface area contributed by atoms with Gasteiger partial charge in [-0.15, -0.1) is 0 Å². The van der Waals surface area contributed by atoms with Gasteiger partial charge in [-0.3, -0.25) is 4.79 Å². The first-order chi connectivity index (χ1) is 20.0. The Balaban J connectivity index is 0.940. The van der Waals surface area contributed by atoms with Crippen LogP contribution in [0.4, 0.5) is 5.69 Å². The number of amidine groups is 1. The summed E-state index contributed by atoms with van der Waals surface area (Å²) in [6, 6.07) is 14.0. The molecule has 1 atom stereocenters. The fraction of sp³-hybridized carbons (Fsp3) is 0.414. The quantitative estimate of drug-likeness (QED) is 0.297. The number of hydrogen-bond donors (Lipinski definition) is 4. The summed E-state index contributed by atoms with van der Waals surface area (Å²) in [7, 11) is 0. The summed E-state index contributed by atoms with van der Waals surface area (Å²) < 4.78 is 11.2. The highest BCUT2D eigenvalue weighted by atomic mass is 32.2. The van der Waals surface area contributed by atoms with Crippen LogP contribution in [0.25, 0.3) is 17.1 Å². The minimum atomic E-state index is -0.670. The monoisotopic (exact) mass is 578 g/mol. The second-order valence-electron chi connectivity index (χ2n) is 10.4. The van der Waals surface area contributed by atoms with Crippen molar-refractivity contribution in [2.45, 2.75) is 25.0 Å². The van der Waals surface area contributed by atoms with Crippen LogP contribution in [0.15, 0.2) is 57.2 Å². The molecule has 6 rings (SSSR count). The number of aliphatic hydroxyl groups excluding tert-OH is 1. The number of fused-ring (bicyclic) bond motifs is 1. The van der Waals surface area contributed by atoms with Crippen LogP contribution in [0.3, 0.4) is 0 Å². The molecule has 41 heavy (non-hydrogen) atoms. The van der Waals surface area contributed by atoms with Crippen LogP contribution in [0.2, 0.25) is 0 Å². The number of H-pyrrole nitrogens is 2. The molecule has 4 heterocycles. The Labute approximate surface area is 241 Å². The SMILES string of the molecule is O=C1N=C(N2CCOCC2)SC1=Cc1ccc(N2CCC(NC[C@H](O)COc3cccc4[nH]c(=O)[nH]c34)CC2)cc1. The van der Waals surface area contributed by atoms with Crippen molar-refractivity contribution in [2.75, 3.05) is 57.4 Å². The number of para-hydroxylation sites is 1. The highest BCUT2D eigenvalue weighted by molar-refractivity contribution is 8.18. The van der Waals surface area contributed by atoms with Crippen LogP contribution in [0.5, 0.6) is 5.75 Å². The molecular formula is C29H34N6O5S. The zero-order chi connectivity index (χ0) is 28.2. The number of aromatic nitrogens is 2. The van der Waals surface area contributed by atoms with E-state index in [1.54, 1.807) is 18.2 Å². The third-order valence-electron chi connectivity index (χ3n) is 7.53. The molecule has 0 unspecified atom stereocenters. The topological polar surface area (TPSA) is 135 Å². The van der Waals surface area contributed by atoms with E-state index in [0.717, 1.165) is 55.4 Å². The van der Waals surface area contributed by atoms with E-state index in [4.69, 9.17) is 9.47 Å². The largest absolute Gasteiger partial charge is 0.489 e. The van der Waals surface area contributed by atoms with Gasteiger partial charge < -0.3 is 39.7 Å². The van der Waals surface area contributed by atoms with Gasteiger partial charge in [0.1, 0.15) is 24.0 Å². The minimum absolute atomic E-state index is 0.130. The summed E-state index contributed by atoms with van der Waals surface area (Å²) >= 11 is 1.44. The van der Waals surface area contributed by atoms with Gasteiger partial charge in [-0.05, 0) is 60.5 Å². The van der Waals surface area contributed by atoms with E-state index in [0.29, 0.717) is 47.5 Å². The van der Waals surface area contributed by atoms with E-state index in [9.17, 15) is 14.7 Å². The van der Waals surface area contributed by atoms with Gasteiger partial charge in [0.2, 0.25) is 0 Å². The average Bonchev–Trinajstić information content (AvgIpc) is 3.57. The smallest absolute Gasteiger partial charge is 0.323 e. The number of aromatic amines is 2. The molecule has 11 nitrogen and oxygen atoms in total. The van der Waals surface area contributed by atoms with Gasteiger partial charge in [0.05, 0.1) is 23.6 Å². The van der Waals surface area contributed by atoms with Gasteiger partial charge in [0, 0.05) is 44.5 Å². The number of carbonyl (C=O) groups is 1. The molecule has 2 fully saturated rings. The second kappa shape index (κ2) is 12.5. The van der Waals surface area contributed by atoms with Crippen molar-refractivity contribution >= 4 is 45.6 Å². The molecule has 2 saturated heterocycles. The number of nitrogens with one attached hydrogen (secondary N) is 3. The van der Waals surface area contributed by atoms with Crippen LogP contribution in [0.1, 0.15) is 18.4 Å². The van der Waals surface area contributed by atoms with Crippen molar-refractivity contribution in [1.29, 1.82) is 0 Å². The number of piperidine rings is 1. The lowest BCUT2D eigenvalue weighted by atomic mass is 10.0. The predicted molar refractivity (Wildman–Crippen MR) is 161 cm³/mol. The van der Waals surface area contributed by atoms with Crippen LogP contribution in [-0.4, -0.2) is 95.7 Å². The Bertz CT molecular complexity index is 1490. The second-order valence-corrected chi connectivity index (χ2v) is 11.4. The molecule has 1 amide bonds. The van der Waals surface area contributed by atoms with E-state index in [-0.39, 0.29) is 18.2 Å². The normalized spacial score (nSPS) is 20.2. The molecule has 12 heteroatoms. The number of hydrogen-bond acceptors (Lipinski definition) is 9. The predicted octanol–water partition coefficient (Wildman–Crippen LogP) is 2.16. The van der Waals surface area contributed by atoms with E-state index in [2.05, 4.69) is 42.2 Å². The molecule has 2 aromatic carbocycles. The summed E-state index contributed by atoms with van der Waals surface area (Å²) in [4.78, 5) is 38.8. The number of benzene rings is 2. The maximum absolute atomic E-state index is 12.4. The minimum Gasteiger partial charge on any atom is -0.489 e. The summed E-state index contributed by atoms with van der Waals surface area (Å²) in [5, 5.41) is 14.7. The van der Waals surface area contributed by atoms with Crippen LogP contribution < -0.4 is 20.6 Å². The molecule has 4 N–H and O–H groups in total. The van der Waals surface area contributed by atoms with Crippen molar-refractivity contribution in [2.24, 2.45) is 4.99 Å². The molecule has 0 aliphatic carbocycles. The van der Waals surface area contributed by atoms with Crippen molar-refractivity contribution in [3.8, 4) is 5.75 Å². The Kier molecular flexibility index (Phi) is 8.42. The van der Waals surface area contributed by atoms with Gasteiger partial charge in [-0.2, -0.15) is 4.99 Å². The zero-order valence-corrected chi connectivity index (χ0v) is 23.5. The Hall–Kier alpha value is -3.58. The third-order valence-corrected chi connectivity index (χ3v) is 8.57. The van der Waals surface area contributed by atoms with E-state index in [1.807, 2.05) is 18.2 Å². The first-order valence-corrected chi connectivity index (χ1v) is 14.8.